The molecule has 0 aromatic heterocycles. The fraction of sp³-hybridized carbons (Fsp3) is 0.923. The van der Waals surface area contributed by atoms with Crippen LogP contribution in [-0.4, -0.2) is 19.4 Å². The van der Waals surface area contributed by atoms with E-state index in [4.69, 9.17) is 4.74 Å². The van der Waals surface area contributed by atoms with Crippen LogP contribution in [0, 0.1) is 0 Å². The molecule has 0 rings (SSSR count). The number of hydrogen-bond donors (Lipinski definition) is 0. The van der Waals surface area contributed by atoms with E-state index in [1.165, 1.54) is 51.9 Å². The van der Waals surface area contributed by atoms with Gasteiger partial charge in [0, 0.05) is 6.92 Å². The molecular formula is C13H26O3. The maximum absolute atomic E-state index is 10.4. The summed E-state index contributed by atoms with van der Waals surface area (Å²) in [6, 6.07) is 0. The highest BCUT2D eigenvalue weighted by molar-refractivity contribution is 5.65. The first-order valence-electron chi connectivity index (χ1n) is 6.48. The summed E-state index contributed by atoms with van der Waals surface area (Å²) in [5, 5.41) is 0. The summed E-state index contributed by atoms with van der Waals surface area (Å²) in [4.78, 5) is 10.4. The molecular weight excluding hydrogens is 204 g/mol. The fourth-order valence-electron chi connectivity index (χ4n) is 1.52. The molecule has 0 heterocycles. The van der Waals surface area contributed by atoms with Gasteiger partial charge < -0.3 is 9.47 Å². The second-order valence-corrected chi connectivity index (χ2v) is 4.14. The largest absolute Gasteiger partial charge is 0.439 e. The van der Waals surface area contributed by atoms with Crippen molar-refractivity contribution in [2.24, 2.45) is 0 Å². The van der Waals surface area contributed by atoms with Crippen LogP contribution >= 0.6 is 0 Å². The van der Waals surface area contributed by atoms with Gasteiger partial charge in [-0.2, -0.15) is 0 Å². The molecule has 3 heteroatoms. The van der Waals surface area contributed by atoms with Crippen LogP contribution < -0.4 is 0 Å². The molecule has 0 amide bonds. The number of ether oxygens (including phenoxy) is 2. The van der Waals surface area contributed by atoms with E-state index in [0.29, 0.717) is 6.61 Å². The molecule has 0 aromatic carbocycles. The summed E-state index contributed by atoms with van der Waals surface area (Å²) >= 11 is 0. The molecule has 0 bridgehead atoms. The number of unbranched alkanes of at least 4 members (excludes halogenated alkanes) is 7. The lowest BCUT2D eigenvalue weighted by molar-refractivity contribution is -0.153. The van der Waals surface area contributed by atoms with Gasteiger partial charge in [-0.1, -0.05) is 51.9 Å². The normalized spacial score (nSPS) is 10.4. The Kier molecular flexibility index (Phi) is 12.1. The van der Waals surface area contributed by atoms with Crippen molar-refractivity contribution in [1.29, 1.82) is 0 Å². The number of carbonyl (C=O) groups is 1. The highest BCUT2D eigenvalue weighted by atomic mass is 16.7. The predicted octanol–water partition coefficient (Wildman–Crippen LogP) is 3.66. The van der Waals surface area contributed by atoms with E-state index in [2.05, 4.69) is 11.7 Å². The van der Waals surface area contributed by atoms with Crippen molar-refractivity contribution in [3.05, 3.63) is 0 Å². The van der Waals surface area contributed by atoms with Gasteiger partial charge in [0.05, 0.1) is 6.61 Å². The van der Waals surface area contributed by atoms with Crippen LogP contribution in [-0.2, 0) is 14.3 Å². The zero-order valence-corrected chi connectivity index (χ0v) is 10.8. The SMILES string of the molecule is CCCCCCCCCCOCOC(C)=O. The van der Waals surface area contributed by atoms with E-state index in [0.717, 1.165) is 6.42 Å². The molecule has 0 unspecified atom stereocenters. The minimum Gasteiger partial charge on any atom is -0.439 e. The van der Waals surface area contributed by atoms with E-state index in [9.17, 15) is 4.79 Å². The second-order valence-electron chi connectivity index (χ2n) is 4.14. The molecule has 3 nitrogen and oxygen atoms in total. The van der Waals surface area contributed by atoms with E-state index in [1.807, 2.05) is 0 Å². The van der Waals surface area contributed by atoms with Gasteiger partial charge >= 0.3 is 5.97 Å². The quantitative estimate of drug-likeness (QED) is 0.309. The van der Waals surface area contributed by atoms with Crippen molar-refractivity contribution in [2.75, 3.05) is 13.4 Å². The molecule has 0 aliphatic carbocycles. The highest BCUT2D eigenvalue weighted by Gasteiger charge is 1.93. The van der Waals surface area contributed by atoms with Gasteiger partial charge in [-0.15, -0.1) is 0 Å². The maximum atomic E-state index is 10.4. The van der Waals surface area contributed by atoms with Gasteiger partial charge in [-0.25, -0.2) is 0 Å². The second kappa shape index (κ2) is 12.5. The molecule has 0 aromatic rings. The number of carbonyl (C=O) groups excluding carboxylic acids is 1. The summed E-state index contributed by atoms with van der Waals surface area (Å²) in [5.41, 5.74) is 0. The van der Waals surface area contributed by atoms with Gasteiger partial charge in [0.2, 0.25) is 0 Å². The Morgan fingerprint density at radius 1 is 0.938 bits per heavy atom. The molecule has 0 saturated carbocycles. The van der Waals surface area contributed by atoms with Crippen molar-refractivity contribution in [2.45, 2.75) is 65.2 Å². The van der Waals surface area contributed by atoms with E-state index >= 15 is 0 Å². The first kappa shape index (κ1) is 15.4. The average Bonchev–Trinajstić information content (AvgIpc) is 2.25. The zero-order chi connectivity index (χ0) is 12.1. The lowest BCUT2D eigenvalue weighted by atomic mass is 10.1. The number of rotatable bonds is 11. The first-order chi connectivity index (χ1) is 7.77. The van der Waals surface area contributed by atoms with Crippen LogP contribution in [0.2, 0.25) is 0 Å². The van der Waals surface area contributed by atoms with Gasteiger partial charge in [0.1, 0.15) is 0 Å². The predicted molar refractivity (Wildman–Crippen MR) is 65.2 cm³/mol. The molecule has 0 fully saturated rings. The lowest BCUT2D eigenvalue weighted by Crippen LogP contribution is -2.05. The van der Waals surface area contributed by atoms with Crippen molar-refractivity contribution < 1.29 is 14.3 Å². The fourth-order valence-corrected chi connectivity index (χ4v) is 1.52. The Bertz CT molecular complexity index is 157. The van der Waals surface area contributed by atoms with Crippen LogP contribution in [0.1, 0.15) is 65.2 Å². The average molecular weight is 230 g/mol. The monoisotopic (exact) mass is 230 g/mol. The number of hydrogen-bond acceptors (Lipinski definition) is 3. The van der Waals surface area contributed by atoms with Crippen LogP contribution in [0.4, 0.5) is 0 Å². The smallest absolute Gasteiger partial charge is 0.304 e. The summed E-state index contributed by atoms with van der Waals surface area (Å²) in [6.07, 6.45) is 10.3. The van der Waals surface area contributed by atoms with E-state index in [1.54, 1.807) is 0 Å². The van der Waals surface area contributed by atoms with Gasteiger partial charge in [-0.3, -0.25) is 4.79 Å². The Balaban J connectivity index is 2.90. The standard InChI is InChI=1S/C13H26O3/c1-3-4-5-6-7-8-9-10-11-15-12-16-13(2)14/h3-12H2,1-2H3. The third kappa shape index (κ3) is 13.4. The van der Waals surface area contributed by atoms with Crippen LogP contribution in [0.15, 0.2) is 0 Å². The molecule has 0 aliphatic rings. The van der Waals surface area contributed by atoms with Gasteiger partial charge in [0.15, 0.2) is 6.79 Å². The molecule has 0 saturated heterocycles. The molecule has 0 radical (unpaired) electrons. The molecule has 16 heavy (non-hydrogen) atoms. The van der Waals surface area contributed by atoms with Gasteiger partial charge in [-0.05, 0) is 6.42 Å². The van der Waals surface area contributed by atoms with Crippen LogP contribution in [0.5, 0.6) is 0 Å². The Hall–Kier alpha value is -0.570. The van der Waals surface area contributed by atoms with Gasteiger partial charge in [0.25, 0.3) is 0 Å². The Labute approximate surface area is 99.5 Å². The highest BCUT2D eigenvalue weighted by Crippen LogP contribution is 2.08. The minimum atomic E-state index is -0.282. The Morgan fingerprint density at radius 3 is 2.06 bits per heavy atom. The van der Waals surface area contributed by atoms with Crippen molar-refractivity contribution in [3.63, 3.8) is 0 Å². The first-order valence-corrected chi connectivity index (χ1v) is 6.48. The maximum Gasteiger partial charge on any atom is 0.304 e. The van der Waals surface area contributed by atoms with Crippen molar-refractivity contribution in [3.8, 4) is 0 Å². The van der Waals surface area contributed by atoms with Crippen LogP contribution in [0.3, 0.4) is 0 Å². The zero-order valence-electron chi connectivity index (χ0n) is 10.8. The summed E-state index contributed by atoms with van der Waals surface area (Å²) in [5.74, 6) is -0.282. The van der Waals surface area contributed by atoms with Crippen molar-refractivity contribution in [1.82, 2.24) is 0 Å². The topological polar surface area (TPSA) is 35.5 Å². The number of esters is 1. The third-order valence-electron chi connectivity index (χ3n) is 2.49. The summed E-state index contributed by atoms with van der Waals surface area (Å²) < 4.78 is 9.80. The molecule has 0 aliphatic heterocycles. The van der Waals surface area contributed by atoms with Crippen LogP contribution in [0.25, 0.3) is 0 Å². The Morgan fingerprint density at radius 2 is 1.50 bits per heavy atom. The minimum absolute atomic E-state index is 0.103. The third-order valence-corrected chi connectivity index (χ3v) is 2.49. The molecule has 0 spiro atoms. The van der Waals surface area contributed by atoms with E-state index in [-0.39, 0.29) is 12.8 Å². The molecule has 0 N–H and O–H groups in total. The lowest BCUT2D eigenvalue weighted by Gasteiger charge is -2.04. The summed E-state index contributed by atoms with van der Waals surface area (Å²) in [6.45, 7) is 4.42. The molecule has 96 valence electrons. The van der Waals surface area contributed by atoms with E-state index < -0.39 is 0 Å². The molecule has 0 atom stereocenters. The summed E-state index contributed by atoms with van der Waals surface area (Å²) in [7, 11) is 0. The van der Waals surface area contributed by atoms with Crippen molar-refractivity contribution >= 4 is 5.97 Å².